The summed E-state index contributed by atoms with van der Waals surface area (Å²) in [6.45, 7) is 4.08. The highest BCUT2D eigenvalue weighted by molar-refractivity contribution is 6.06. The van der Waals surface area contributed by atoms with Gasteiger partial charge in [-0.2, -0.15) is 0 Å². The summed E-state index contributed by atoms with van der Waals surface area (Å²) in [4.78, 5) is 28.8. The van der Waals surface area contributed by atoms with Crippen LogP contribution in [0, 0.1) is 5.82 Å². The second-order valence-electron chi connectivity index (χ2n) is 9.89. The number of ketones is 2. The fourth-order valence-corrected chi connectivity index (χ4v) is 5.94. The molecule has 3 aliphatic rings. The third-order valence-electron chi connectivity index (χ3n) is 7.59. The Bertz CT molecular complexity index is 1290. The van der Waals surface area contributed by atoms with Gasteiger partial charge in [0.1, 0.15) is 12.4 Å². The van der Waals surface area contributed by atoms with Crippen molar-refractivity contribution in [2.24, 2.45) is 0 Å². The van der Waals surface area contributed by atoms with Gasteiger partial charge < -0.3 is 14.4 Å². The van der Waals surface area contributed by atoms with Crippen molar-refractivity contribution in [2.45, 2.75) is 57.5 Å². The topological polar surface area (TPSA) is 55.8 Å². The summed E-state index contributed by atoms with van der Waals surface area (Å²) in [6, 6.07) is 10.2. The molecule has 0 atom stereocenters. The number of hydrogen-bond donors (Lipinski definition) is 0. The normalized spacial score (nSPS) is 18.1. The van der Waals surface area contributed by atoms with Crippen LogP contribution >= 0.6 is 0 Å². The SMILES string of the molecule is C=CCc1cc(C2C3=C(CCCC3=O)N(C)C3=C2C(=O)CCC3)cc(OC)c1OCc1cccc(F)c1. The number of Topliss-reactive ketones (excluding diaryl/α,β-unsaturated/α-hetero) is 2. The quantitative estimate of drug-likeness (QED) is 0.424. The van der Waals surface area contributed by atoms with E-state index in [0.717, 1.165) is 59.4 Å². The van der Waals surface area contributed by atoms with E-state index in [1.54, 1.807) is 25.3 Å². The van der Waals surface area contributed by atoms with Crippen molar-refractivity contribution in [3.05, 3.63) is 94.1 Å². The largest absolute Gasteiger partial charge is 0.493 e. The van der Waals surface area contributed by atoms with Gasteiger partial charge in [0.15, 0.2) is 23.1 Å². The Morgan fingerprint density at radius 3 is 2.30 bits per heavy atom. The molecule has 0 fully saturated rings. The van der Waals surface area contributed by atoms with Crippen molar-refractivity contribution < 1.29 is 23.5 Å². The van der Waals surface area contributed by atoms with Gasteiger partial charge in [0.05, 0.1) is 7.11 Å². The molecule has 0 spiro atoms. The Balaban J connectivity index is 1.63. The van der Waals surface area contributed by atoms with E-state index < -0.39 is 5.92 Å². The molecule has 0 unspecified atom stereocenters. The molecule has 0 saturated heterocycles. The van der Waals surface area contributed by atoms with Crippen LogP contribution in [0.25, 0.3) is 0 Å². The number of rotatable bonds is 7. The number of allylic oxidation sites excluding steroid dienone is 5. The predicted octanol–water partition coefficient (Wildman–Crippen LogP) is 6.19. The maximum Gasteiger partial charge on any atom is 0.165 e. The lowest BCUT2D eigenvalue weighted by Crippen LogP contribution is -2.37. The van der Waals surface area contributed by atoms with E-state index in [4.69, 9.17) is 9.47 Å². The van der Waals surface area contributed by atoms with Crippen LogP contribution in [-0.2, 0) is 22.6 Å². The van der Waals surface area contributed by atoms with E-state index in [1.807, 2.05) is 19.2 Å². The lowest BCUT2D eigenvalue weighted by atomic mass is 9.71. The van der Waals surface area contributed by atoms with E-state index in [0.29, 0.717) is 36.3 Å². The van der Waals surface area contributed by atoms with Gasteiger partial charge in [0.25, 0.3) is 0 Å². The number of nitrogens with zero attached hydrogens (tertiary/aromatic N) is 1. The third kappa shape index (κ3) is 4.61. The van der Waals surface area contributed by atoms with Gasteiger partial charge in [-0.15, -0.1) is 6.58 Å². The lowest BCUT2D eigenvalue weighted by molar-refractivity contribution is -0.117. The zero-order chi connectivity index (χ0) is 26.1. The number of ether oxygens (including phenoxy) is 2. The monoisotopic (exact) mass is 501 g/mol. The van der Waals surface area contributed by atoms with Gasteiger partial charge in [-0.3, -0.25) is 9.59 Å². The van der Waals surface area contributed by atoms with Crippen molar-refractivity contribution in [3.8, 4) is 11.5 Å². The molecule has 2 aromatic carbocycles. The van der Waals surface area contributed by atoms with Crippen molar-refractivity contribution in [2.75, 3.05) is 14.2 Å². The molecule has 1 heterocycles. The Hall–Kier alpha value is -3.67. The molecule has 5 nitrogen and oxygen atoms in total. The van der Waals surface area contributed by atoms with E-state index in [-0.39, 0.29) is 24.0 Å². The van der Waals surface area contributed by atoms with Crippen LogP contribution < -0.4 is 9.47 Å². The number of carbonyl (C=O) groups excluding carboxylic acids is 2. The van der Waals surface area contributed by atoms with Crippen molar-refractivity contribution in [3.63, 3.8) is 0 Å². The summed E-state index contributed by atoms with van der Waals surface area (Å²) in [7, 11) is 3.57. The minimum absolute atomic E-state index is 0.110. The minimum Gasteiger partial charge on any atom is -0.493 e. The molecule has 0 bridgehead atoms. The maximum atomic E-state index is 13.7. The molecule has 5 rings (SSSR count). The first-order chi connectivity index (χ1) is 17.9. The number of halogens is 1. The first-order valence-corrected chi connectivity index (χ1v) is 12.9. The van der Waals surface area contributed by atoms with E-state index in [9.17, 15) is 14.0 Å². The summed E-state index contributed by atoms with van der Waals surface area (Å²) in [5.41, 5.74) is 5.94. The van der Waals surface area contributed by atoms with Crippen LogP contribution in [0.4, 0.5) is 4.39 Å². The highest BCUT2D eigenvalue weighted by Gasteiger charge is 2.42. The molecule has 6 heteroatoms. The molecule has 1 aliphatic heterocycles. The summed E-state index contributed by atoms with van der Waals surface area (Å²) in [5, 5.41) is 0. The summed E-state index contributed by atoms with van der Waals surface area (Å²) >= 11 is 0. The van der Waals surface area contributed by atoms with Crippen LogP contribution in [-0.4, -0.2) is 30.6 Å². The van der Waals surface area contributed by atoms with Crippen LogP contribution in [0.15, 0.2) is 71.6 Å². The van der Waals surface area contributed by atoms with Crippen LogP contribution in [0.1, 0.15) is 61.1 Å². The van der Waals surface area contributed by atoms with Crippen LogP contribution in [0.5, 0.6) is 11.5 Å². The fourth-order valence-electron chi connectivity index (χ4n) is 5.94. The van der Waals surface area contributed by atoms with Gasteiger partial charge in [-0.05, 0) is 61.4 Å². The molecule has 0 aromatic heterocycles. The summed E-state index contributed by atoms with van der Waals surface area (Å²) < 4.78 is 25.6. The Kier molecular flexibility index (Phi) is 7.00. The lowest BCUT2D eigenvalue weighted by Gasteiger charge is -2.42. The molecule has 0 N–H and O–H groups in total. The van der Waals surface area contributed by atoms with Gasteiger partial charge >= 0.3 is 0 Å². The van der Waals surface area contributed by atoms with Crippen molar-refractivity contribution in [1.29, 1.82) is 0 Å². The summed E-state index contributed by atoms with van der Waals surface area (Å²) in [5.74, 6) is 0.547. The third-order valence-corrected chi connectivity index (χ3v) is 7.59. The molecule has 2 aliphatic carbocycles. The zero-order valence-corrected chi connectivity index (χ0v) is 21.4. The fraction of sp³-hybridized carbons (Fsp3) is 0.355. The number of carbonyl (C=O) groups is 2. The molecule has 0 amide bonds. The van der Waals surface area contributed by atoms with Crippen molar-refractivity contribution in [1.82, 2.24) is 4.90 Å². The first-order valence-electron chi connectivity index (χ1n) is 12.9. The second kappa shape index (κ2) is 10.4. The predicted molar refractivity (Wildman–Crippen MR) is 140 cm³/mol. The van der Waals surface area contributed by atoms with Crippen molar-refractivity contribution >= 4 is 11.6 Å². The second-order valence-corrected chi connectivity index (χ2v) is 9.89. The molecule has 0 radical (unpaired) electrons. The zero-order valence-electron chi connectivity index (χ0n) is 21.4. The number of hydrogen-bond acceptors (Lipinski definition) is 5. The average molecular weight is 502 g/mol. The van der Waals surface area contributed by atoms with Gasteiger partial charge in [-0.1, -0.05) is 24.3 Å². The molecular formula is C31H32FNO4. The standard InChI is InChI=1S/C31H32FNO4/c1-4-8-20-16-21(17-27(36-3)31(20)37-18-19-9-5-10-22(32)15-19)28-29-23(11-6-13-25(29)34)33(2)24-12-7-14-26(35)30(24)28/h4-5,9-10,15-17,28H,1,6-8,11-14,18H2,2-3H3. The van der Waals surface area contributed by atoms with Gasteiger partial charge in [0.2, 0.25) is 0 Å². The van der Waals surface area contributed by atoms with E-state index >= 15 is 0 Å². The Morgan fingerprint density at radius 1 is 1.03 bits per heavy atom. The molecular weight excluding hydrogens is 469 g/mol. The van der Waals surface area contributed by atoms with E-state index in [1.165, 1.54) is 12.1 Å². The van der Waals surface area contributed by atoms with Crippen LogP contribution in [0.2, 0.25) is 0 Å². The summed E-state index contributed by atoms with van der Waals surface area (Å²) in [6.07, 6.45) is 6.57. The van der Waals surface area contributed by atoms with E-state index in [2.05, 4.69) is 11.5 Å². The van der Waals surface area contributed by atoms with Gasteiger partial charge in [-0.25, -0.2) is 4.39 Å². The maximum absolute atomic E-state index is 13.7. The number of methoxy groups -OCH3 is 1. The average Bonchev–Trinajstić information content (AvgIpc) is 2.89. The molecule has 2 aromatic rings. The Labute approximate surface area is 217 Å². The molecule has 37 heavy (non-hydrogen) atoms. The van der Waals surface area contributed by atoms with Gasteiger partial charge in [0, 0.05) is 53.9 Å². The van der Waals surface area contributed by atoms with Crippen LogP contribution in [0.3, 0.4) is 0 Å². The highest BCUT2D eigenvalue weighted by atomic mass is 19.1. The molecule has 192 valence electrons. The molecule has 0 saturated carbocycles. The highest BCUT2D eigenvalue weighted by Crippen LogP contribution is 2.50. The Morgan fingerprint density at radius 2 is 1.70 bits per heavy atom. The smallest absolute Gasteiger partial charge is 0.165 e. The minimum atomic E-state index is -0.420. The number of benzene rings is 2. The first kappa shape index (κ1) is 25.0.